The summed E-state index contributed by atoms with van der Waals surface area (Å²) in [6.45, 7) is 6.70. The summed E-state index contributed by atoms with van der Waals surface area (Å²) in [6.07, 6.45) is 1.24. The molecule has 0 saturated carbocycles. The molecule has 0 N–H and O–H groups in total. The van der Waals surface area contributed by atoms with Gasteiger partial charge in [-0.05, 0) is 51.7 Å². The number of benzene rings is 1. The van der Waals surface area contributed by atoms with Gasteiger partial charge in [0.2, 0.25) is 0 Å². The van der Waals surface area contributed by atoms with Gasteiger partial charge in [-0.25, -0.2) is 9.10 Å². The molecule has 0 aromatic heterocycles. The molecule has 1 saturated heterocycles. The third kappa shape index (κ3) is 6.61. The number of halogens is 2. The van der Waals surface area contributed by atoms with E-state index in [4.69, 9.17) is 27.9 Å². The van der Waals surface area contributed by atoms with Gasteiger partial charge in [0.1, 0.15) is 5.60 Å². The van der Waals surface area contributed by atoms with Gasteiger partial charge in [0.05, 0.1) is 10.0 Å². The summed E-state index contributed by atoms with van der Waals surface area (Å²) < 4.78 is 30.3. The molecule has 6 nitrogen and oxygen atoms in total. The number of amides is 1. The second-order valence-corrected chi connectivity index (χ2v) is 9.21. The molecular formula is C18H25Cl2N2O4S-. The first kappa shape index (κ1) is 22.4. The van der Waals surface area contributed by atoms with Crippen LogP contribution in [0.15, 0.2) is 18.2 Å². The molecule has 152 valence electrons. The Kier molecular flexibility index (Phi) is 7.94. The quantitative estimate of drug-likeness (QED) is 0.654. The lowest BCUT2D eigenvalue weighted by atomic mass is 10.0. The summed E-state index contributed by atoms with van der Waals surface area (Å²) in [5.41, 5.74) is 0.262. The zero-order valence-electron chi connectivity index (χ0n) is 15.7. The van der Waals surface area contributed by atoms with E-state index in [0.717, 1.165) is 5.56 Å². The molecule has 1 amide bonds. The van der Waals surface area contributed by atoms with Gasteiger partial charge >= 0.3 is 6.09 Å². The van der Waals surface area contributed by atoms with E-state index in [1.807, 2.05) is 26.8 Å². The summed E-state index contributed by atoms with van der Waals surface area (Å²) in [7, 11) is 0. The Balaban J connectivity index is 1.94. The van der Waals surface area contributed by atoms with Crippen molar-refractivity contribution in [2.75, 3.05) is 19.6 Å². The highest BCUT2D eigenvalue weighted by molar-refractivity contribution is 7.76. The highest BCUT2D eigenvalue weighted by atomic mass is 35.5. The number of carbonyl (C=O) groups excluding carboxylic acids is 1. The summed E-state index contributed by atoms with van der Waals surface area (Å²) in [5.74, 6) is 0. The second-order valence-electron chi connectivity index (χ2n) is 7.52. The van der Waals surface area contributed by atoms with E-state index in [9.17, 15) is 13.6 Å². The van der Waals surface area contributed by atoms with Gasteiger partial charge in [-0.3, -0.25) is 4.21 Å². The van der Waals surface area contributed by atoms with Gasteiger partial charge < -0.3 is 14.2 Å². The fourth-order valence-electron chi connectivity index (χ4n) is 3.01. The molecule has 1 aliphatic rings. The molecule has 27 heavy (non-hydrogen) atoms. The maximum atomic E-state index is 12.1. The Morgan fingerprint density at radius 1 is 1.33 bits per heavy atom. The van der Waals surface area contributed by atoms with Crippen LogP contribution >= 0.6 is 23.2 Å². The average Bonchev–Trinajstić information content (AvgIpc) is 2.57. The van der Waals surface area contributed by atoms with Crippen molar-refractivity contribution in [1.82, 2.24) is 9.21 Å². The van der Waals surface area contributed by atoms with Crippen LogP contribution in [0.3, 0.4) is 0 Å². The van der Waals surface area contributed by atoms with E-state index in [-0.39, 0.29) is 12.1 Å². The van der Waals surface area contributed by atoms with E-state index >= 15 is 0 Å². The monoisotopic (exact) mass is 435 g/mol. The lowest BCUT2D eigenvalue weighted by Crippen LogP contribution is -2.48. The Morgan fingerprint density at radius 3 is 2.52 bits per heavy atom. The Morgan fingerprint density at radius 2 is 1.96 bits per heavy atom. The minimum atomic E-state index is -2.35. The van der Waals surface area contributed by atoms with Gasteiger partial charge in [-0.1, -0.05) is 35.3 Å². The van der Waals surface area contributed by atoms with Crippen molar-refractivity contribution in [1.29, 1.82) is 0 Å². The van der Waals surface area contributed by atoms with E-state index in [2.05, 4.69) is 0 Å². The van der Waals surface area contributed by atoms with Crippen molar-refractivity contribution in [3.8, 4) is 0 Å². The largest absolute Gasteiger partial charge is 0.760 e. The van der Waals surface area contributed by atoms with Gasteiger partial charge in [0.15, 0.2) is 0 Å². The molecule has 1 aromatic rings. The lowest BCUT2D eigenvalue weighted by Gasteiger charge is -2.39. The highest BCUT2D eigenvalue weighted by Gasteiger charge is 2.30. The van der Waals surface area contributed by atoms with Crippen LogP contribution in [0.1, 0.15) is 39.2 Å². The molecule has 0 bridgehead atoms. The SMILES string of the molecule is CC(C)(C)OC(=O)N1CCC(N(CCc2cccc(Cl)c2Cl)S(=O)[O-])CC1. The maximum Gasteiger partial charge on any atom is 0.410 e. The standard InChI is InChI=1S/C18H26Cl2N2O4S/c1-18(2,3)26-17(23)21-10-8-14(9-11-21)22(27(24)25)12-7-13-5-4-6-15(19)16(13)20/h4-6,14H,7-12H2,1-3H3,(H,24,25)/p-1. The van der Waals surface area contributed by atoms with E-state index < -0.39 is 16.9 Å². The first-order valence-corrected chi connectivity index (χ1v) is 10.6. The smallest absolute Gasteiger partial charge is 0.410 e. The molecule has 1 aliphatic heterocycles. The number of rotatable bonds is 5. The van der Waals surface area contributed by atoms with Gasteiger partial charge in [-0.2, -0.15) is 0 Å². The Labute approximate surface area is 173 Å². The van der Waals surface area contributed by atoms with Crippen molar-refractivity contribution < 1.29 is 18.3 Å². The highest BCUT2D eigenvalue weighted by Crippen LogP contribution is 2.27. The summed E-state index contributed by atoms with van der Waals surface area (Å²) in [5, 5.41) is 0.908. The number of nitrogens with zero attached hydrogens (tertiary/aromatic N) is 2. The molecule has 1 atom stereocenters. The lowest BCUT2D eigenvalue weighted by molar-refractivity contribution is 0.0178. The third-order valence-corrected chi connectivity index (χ3v) is 6.07. The molecule has 9 heteroatoms. The van der Waals surface area contributed by atoms with Crippen molar-refractivity contribution in [2.45, 2.75) is 51.7 Å². The molecule has 1 heterocycles. The van der Waals surface area contributed by atoms with Crippen LogP contribution in [-0.2, 0) is 22.4 Å². The van der Waals surface area contributed by atoms with Crippen LogP contribution < -0.4 is 0 Å². The summed E-state index contributed by atoms with van der Waals surface area (Å²) >= 11 is 9.85. The number of hydrogen-bond donors (Lipinski definition) is 0. The van der Waals surface area contributed by atoms with Crippen molar-refractivity contribution in [3.05, 3.63) is 33.8 Å². The van der Waals surface area contributed by atoms with E-state index in [0.29, 0.717) is 48.9 Å². The van der Waals surface area contributed by atoms with Gasteiger partial charge in [-0.15, -0.1) is 0 Å². The molecule has 2 rings (SSSR count). The number of ether oxygens (including phenoxy) is 1. The molecule has 0 radical (unpaired) electrons. The van der Waals surface area contributed by atoms with Gasteiger partial charge in [0, 0.05) is 36.9 Å². The zero-order chi connectivity index (χ0) is 20.2. The molecule has 0 spiro atoms. The number of piperidine rings is 1. The van der Waals surface area contributed by atoms with Crippen molar-refractivity contribution in [3.63, 3.8) is 0 Å². The third-order valence-electron chi connectivity index (χ3n) is 4.35. The van der Waals surface area contributed by atoms with E-state index in [1.54, 1.807) is 17.0 Å². The number of likely N-dealkylation sites (tertiary alicyclic amines) is 1. The van der Waals surface area contributed by atoms with Crippen LogP contribution in [0.25, 0.3) is 0 Å². The summed E-state index contributed by atoms with van der Waals surface area (Å²) in [6, 6.07) is 5.18. The summed E-state index contributed by atoms with van der Waals surface area (Å²) in [4.78, 5) is 13.8. The second kappa shape index (κ2) is 9.56. The van der Waals surface area contributed by atoms with Crippen LogP contribution in [0, 0.1) is 0 Å². The van der Waals surface area contributed by atoms with Crippen LogP contribution in [0.5, 0.6) is 0 Å². The molecule has 0 aliphatic carbocycles. The molecular weight excluding hydrogens is 411 g/mol. The van der Waals surface area contributed by atoms with Crippen LogP contribution in [0.4, 0.5) is 4.79 Å². The first-order chi connectivity index (χ1) is 12.6. The van der Waals surface area contributed by atoms with Gasteiger partial charge in [0.25, 0.3) is 0 Å². The minimum Gasteiger partial charge on any atom is -0.760 e. The first-order valence-electron chi connectivity index (χ1n) is 8.85. The Bertz CT molecular complexity index is 688. The minimum absolute atomic E-state index is 0.153. The maximum absolute atomic E-state index is 12.1. The molecule has 1 fully saturated rings. The Hall–Kier alpha value is -0.860. The zero-order valence-corrected chi connectivity index (χ0v) is 18.1. The molecule has 1 unspecified atom stereocenters. The average molecular weight is 436 g/mol. The fraction of sp³-hybridized carbons (Fsp3) is 0.611. The van der Waals surface area contributed by atoms with Crippen molar-refractivity contribution >= 4 is 40.6 Å². The van der Waals surface area contributed by atoms with E-state index in [1.165, 1.54) is 4.31 Å². The number of hydrogen-bond acceptors (Lipinski definition) is 4. The predicted octanol–water partition coefficient (Wildman–Crippen LogP) is 4.03. The number of carbonyl (C=O) groups is 1. The van der Waals surface area contributed by atoms with Crippen molar-refractivity contribution in [2.24, 2.45) is 0 Å². The fourth-order valence-corrected chi connectivity index (χ4v) is 4.12. The predicted molar refractivity (Wildman–Crippen MR) is 107 cm³/mol. The normalized spacial score (nSPS) is 17.2. The molecule has 1 aromatic carbocycles. The van der Waals surface area contributed by atoms with Crippen LogP contribution in [-0.4, -0.2) is 55.3 Å². The topological polar surface area (TPSA) is 72.9 Å². The van der Waals surface area contributed by atoms with Crippen LogP contribution in [0.2, 0.25) is 10.0 Å².